The van der Waals surface area contributed by atoms with Gasteiger partial charge in [0, 0.05) is 49.0 Å². The Hall–Kier alpha value is -3.68. The maximum atomic E-state index is 13.0. The zero-order chi connectivity index (χ0) is 27.2. The van der Waals surface area contributed by atoms with E-state index >= 15 is 0 Å². The van der Waals surface area contributed by atoms with Crippen molar-refractivity contribution in [2.75, 3.05) is 36.8 Å². The molecular weight excluding hydrogens is 492 g/mol. The molecule has 0 radical (unpaired) electrons. The summed E-state index contributed by atoms with van der Waals surface area (Å²) in [7, 11) is 0. The van der Waals surface area contributed by atoms with E-state index in [1.165, 1.54) is 0 Å². The molecule has 1 atom stereocenters. The number of benzene rings is 2. The van der Waals surface area contributed by atoms with Crippen molar-refractivity contribution in [1.82, 2.24) is 9.80 Å². The van der Waals surface area contributed by atoms with Crippen LogP contribution in [-0.2, 0) is 20.8 Å². The zero-order valence-electron chi connectivity index (χ0n) is 22.5. The molecule has 0 aromatic heterocycles. The van der Waals surface area contributed by atoms with E-state index in [4.69, 9.17) is 0 Å². The lowest BCUT2D eigenvalue weighted by atomic mass is 9.83. The number of nitrogens with one attached hydrogen (secondary N) is 2. The molecule has 2 aliphatic heterocycles. The normalized spacial score (nSPS) is 19.6. The van der Waals surface area contributed by atoms with Crippen molar-refractivity contribution >= 4 is 35.0 Å². The summed E-state index contributed by atoms with van der Waals surface area (Å²) in [5, 5.41) is 5.89. The van der Waals surface area contributed by atoms with Crippen LogP contribution in [0.25, 0.3) is 0 Å². The number of likely N-dealkylation sites (tertiary alicyclic amines) is 2. The molecule has 3 aliphatic rings. The van der Waals surface area contributed by atoms with Crippen molar-refractivity contribution < 1.29 is 19.2 Å². The van der Waals surface area contributed by atoms with Crippen LogP contribution in [0.5, 0.6) is 0 Å². The third-order valence-electron chi connectivity index (χ3n) is 8.15. The minimum atomic E-state index is -0.227. The Morgan fingerprint density at radius 1 is 0.718 bits per heavy atom. The number of carbonyl (C=O) groups excluding carboxylic acids is 4. The summed E-state index contributed by atoms with van der Waals surface area (Å²) < 4.78 is 0. The molecule has 4 amide bonds. The van der Waals surface area contributed by atoms with Gasteiger partial charge in [-0.1, -0.05) is 24.6 Å². The summed E-state index contributed by atoms with van der Waals surface area (Å²) in [6, 6.07) is 14.4. The lowest BCUT2D eigenvalue weighted by molar-refractivity contribution is -0.141. The highest BCUT2D eigenvalue weighted by Gasteiger charge is 2.34. The van der Waals surface area contributed by atoms with Crippen LogP contribution >= 0.6 is 0 Å². The molecule has 5 rings (SSSR count). The van der Waals surface area contributed by atoms with Gasteiger partial charge in [0.25, 0.3) is 5.91 Å². The first-order valence-corrected chi connectivity index (χ1v) is 14.3. The van der Waals surface area contributed by atoms with Crippen LogP contribution in [0, 0.1) is 11.8 Å². The van der Waals surface area contributed by atoms with Gasteiger partial charge in [-0.15, -0.1) is 0 Å². The Labute approximate surface area is 230 Å². The van der Waals surface area contributed by atoms with Gasteiger partial charge in [-0.25, -0.2) is 0 Å². The molecule has 0 bridgehead atoms. The molecule has 8 nitrogen and oxygen atoms in total. The first-order valence-electron chi connectivity index (χ1n) is 14.3. The van der Waals surface area contributed by atoms with Crippen molar-refractivity contribution in [3.05, 3.63) is 59.7 Å². The van der Waals surface area contributed by atoms with Crippen LogP contribution < -0.4 is 10.6 Å². The SMILES string of the molecule is O=C(Cc1cccc(NC(=O)C2CCCN(C(=O)C3CCC3)C2)c1)Nc1cccc(C(=O)N2CCCCC2)c1. The smallest absolute Gasteiger partial charge is 0.253 e. The first-order chi connectivity index (χ1) is 19.0. The van der Waals surface area contributed by atoms with Gasteiger partial charge in [-0.3, -0.25) is 19.2 Å². The van der Waals surface area contributed by atoms with Gasteiger partial charge in [0.05, 0.1) is 12.3 Å². The highest BCUT2D eigenvalue weighted by Crippen LogP contribution is 2.30. The number of hydrogen-bond acceptors (Lipinski definition) is 4. The lowest BCUT2D eigenvalue weighted by Gasteiger charge is -2.36. The van der Waals surface area contributed by atoms with Crippen LogP contribution in [0.15, 0.2) is 48.5 Å². The molecule has 206 valence electrons. The molecule has 39 heavy (non-hydrogen) atoms. The van der Waals surface area contributed by atoms with Crippen LogP contribution in [0.2, 0.25) is 0 Å². The van der Waals surface area contributed by atoms with E-state index in [0.717, 1.165) is 76.6 Å². The molecule has 2 saturated heterocycles. The highest BCUT2D eigenvalue weighted by molar-refractivity contribution is 5.98. The van der Waals surface area contributed by atoms with Crippen molar-refractivity contribution in [3.63, 3.8) is 0 Å². The summed E-state index contributed by atoms with van der Waals surface area (Å²) in [5.41, 5.74) is 2.58. The Bertz CT molecular complexity index is 1220. The molecule has 8 heteroatoms. The molecule has 2 aromatic carbocycles. The number of amides is 4. The van der Waals surface area contributed by atoms with Crippen LogP contribution in [0.1, 0.15) is 67.3 Å². The number of carbonyl (C=O) groups is 4. The third kappa shape index (κ3) is 6.85. The zero-order valence-corrected chi connectivity index (χ0v) is 22.5. The molecule has 2 N–H and O–H groups in total. The van der Waals surface area contributed by atoms with Gasteiger partial charge < -0.3 is 20.4 Å². The van der Waals surface area contributed by atoms with Crippen molar-refractivity contribution in [1.29, 1.82) is 0 Å². The molecule has 0 spiro atoms. The molecule has 3 fully saturated rings. The van der Waals surface area contributed by atoms with Crippen molar-refractivity contribution in [3.8, 4) is 0 Å². The van der Waals surface area contributed by atoms with E-state index in [0.29, 0.717) is 23.5 Å². The molecule has 1 aliphatic carbocycles. The molecule has 1 unspecified atom stereocenters. The maximum absolute atomic E-state index is 13.0. The number of hydrogen-bond donors (Lipinski definition) is 2. The second-order valence-corrected chi connectivity index (χ2v) is 11.1. The van der Waals surface area contributed by atoms with Gasteiger partial charge in [0.2, 0.25) is 17.7 Å². The van der Waals surface area contributed by atoms with Crippen LogP contribution in [0.3, 0.4) is 0 Å². The fourth-order valence-electron chi connectivity index (χ4n) is 5.71. The highest BCUT2D eigenvalue weighted by atomic mass is 16.2. The Morgan fingerprint density at radius 2 is 1.41 bits per heavy atom. The molecular formula is C31H38N4O4. The molecule has 2 heterocycles. The second-order valence-electron chi connectivity index (χ2n) is 11.1. The molecule has 2 aromatic rings. The van der Waals surface area contributed by atoms with E-state index in [2.05, 4.69) is 10.6 Å². The van der Waals surface area contributed by atoms with Crippen molar-refractivity contribution in [2.45, 2.75) is 57.8 Å². The Kier molecular flexibility index (Phi) is 8.59. The van der Waals surface area contributed by atoms with E-state index < -0.39 is 0 Å². The van der Waals surface area contributed by atoms with Gasteiger partial charge >= 0.3 is 0 Å². The monoisotopic (exact) mass is 530 g/mol. The van der Waals surface area contributed by atoms with E-state index in [1.54, 1.807) is 24.3 Å². The number of anilines is 2. The van der Waals surface area contributed by atoms with Crippen molar-refractivity contribution in [2.24, 2.45) is 11.8 Å². The fraction of sp³-hybridized carbons (Fsp3) is 0.484. The average Bonchev–Trinajstić information content (AvgIpc) is 2.92. The topological polar surface area (TPSA) is 98.8 Å². The first kappa shape index (κ1) is 26.9. The second kappa shape index (κ2) is 12.5. The molecule has 1 saturated carbocycles. The van der Waals surface area contributed by atoms with Crippen LogP contribution in [-0.4, -0.2) is 59.6 Å². The summed E-state index contributed by atoms with van der Waals surface area (Å²) in [4.78, 5) is 55.0. The minimum Gasteiger partial charge on any atom is -0.342 e. The minimum absolute atomic E-state index is 0.00253. The van der Waals surface area contributed by atoms with Gasteiger partial charge in [-0.2, -0.15) is 0 Å². The van der Waals surface area contributed by atoms with E-state index in [-0.39, 0.29) is 41.9 Å². The number of piperidine rings is 2. The largest absolute Gasteiger partial charge is 0.342 e. The van der Waals surface area contributed by atoms with Gasteiger partial charge in [0.1, 0.15) is 0 Å². The lowest BCUT2D eigenvalue weighted by Crippen LogP contribution is -2.47. The summed E-state index contributed by atoms with van der Waals surface area (Å²) in [6.07, 6.45) is 8.01. The Balaban J connectivity index is 1.14. The average molecular weight is 531 g/mol. The third-order valence-corrected chi connectivity index (χ3v) is 8.15. The number of rotatable bonds is 7. The predicted octanol–water partition coefficient (Wildman–Crippen LogP) is 4.47. The predicted molar refractivity (Wildman–Crippen MR) is 150 cm³/mol. The summed E-state index contributed by atoms with van der Waals surface area (Å²) in [5.74, 6) is -0.158. The van der Waals surface area contributed by atoms with E-state index in [1.807, 2.05) is 34.1 Å². The standard InChI is InChI=1S/C31H38N4O4/c36-28(32-27-14-6-11-24(20-27)31(39)34-15-2-1-3-16-34)19-22-8-4-13-26(18-22)33-29(37)25-12-7-17-35(21-25)30(38)23-9-5-10-23/h4,6,8,11,13-14,18,20,23,25H,1-3,5,7,9-10,12,15-17,19,21H2,(H,32,36)(H,33,37). The number of nitrogens with zero attached hydrogens (tertiary/aromatic N) is 2. The van der Waals surface area contributed by atoms with E-state index in [9.17, 15) is 19.2 Å². The Morgan fingerprint density at radius 3 is 2.15 bits per heavy atom. The fourth-order valence-corrected chi connectivity index (χ4v) is 5.71. The maximum Gasteiger partial charge on any atom is 0.253 e. The summed E-state index contributed by atoms with van der Waals surface area (Å²) >= 11 is 0. The van der Waals surface area contributed by atoms with Gasteiger partial charge in [-0.05, 0) is 80.8 Å². The van der Waals surface area contributed by atoms with Gasteiger partial charge in [0.15, 0.2) is 0 Å². The quantitative estimate of drug-likeness (QED) is 0.552. The van der Waals surface area contributed by atoms with Crippen LogP contribution in [0.4, 0.5) is 11.4 Å². The summed E-state index contributed by atoms with van der Waals surface area (Å²) in [6.45, 7) is 2.77.